The molecular weight excluding hydrogens is 280 g/mol. The van der Waals surface area contributed by atoms with Crippen LogP contribution in [-0.4, -0.2) is 22.0 Å². The molecule has 6 heteroatoms. The van der Waals surface area contributed by atoms with Crippen LogP contribution < -0.4 is 16.2 Å². The fourth-order valence-electron chi connectivity index (χ4n) is 2.53. The summed E-state index contributed by atoms with van der Waals surface area (Å²) in [5.41, 5.74) is 7.79. The summed E-state index contributed by atoms with van der Waals surface area (Å²) in [6.45, 7) is 0.451. The molecule has 114 valence electrons. The Bertz CT molecular complexity index is 648. The van der Waals surface area contributed by atoms with Crippen molar-refractivity contribution in [3.05, 3.63) is 59.9 Å². The maximum absolute atomic E-state index is 12.2. The van der Waals surface area contributed by atoms with Gasteiger partial charge in [-0.05, 0) is 24.1 Å². The number of phenolic OH excluding ortho intramolecular Hbond substituents is 1. The molecule has 6 nitrogen and oxygen atoms in total. The van der Waals surface area contributed by atoms with Gasteiger partial charge < -0.3 is 10.4 Å². The van der Waals surface area contributed by atoms with Crippen LogP contribution in [0.25, 0.3) is 0 Å². The minimum Gasteiger partial charge on any atom is -0.508 e. The lowest BCUT2D eigenvalue weighted by Gasteiger charge is -2.11. The molecule has 2 atom stereocenters. The molecule has 4 N–H and O–H groups in total. The normalized spacial score (nSPS) is 20.7. The largest absolute Gasteiger partial charge is 0.508 e. The van der Waals surface area contributed by atoms with Crippen molar-refractivity contribution in [2.24, 2.45) is 0 Å². The number of hydrogen-bond donors (Lipinski definition) is 4. The number of hydrogen-bond acceptors (Lipinski definition) is 5. The van der Waals surface area contributed by atoms with Gasteiger partial charge in [0.1, 0.15) is 11.8 Å². The maximum Gasteiger partial charge on any atom is 0.238 e. The average Bonchev–Trinajstić information content (AvgIpc) is 3.04. The molecule has 0 saturated carbocycles. The van der Waals surface area contributed by atoms with Gasteiger partial charge in [-0.3, -0.25) is 9.78 Å². The zero-order chi connectivity index (χ0) is 15.4. The van der Waals surface area contributed by atoms with E-state index in [0.29, 0.717) is 13.0 Å². The smallest absolute Gasteiger partial charge is 0.238 e. The second-order valence-electron chi connectivity index (χ2n) is 5.27. The Balaban J connectivity index is 1.56. The van der Waals surface area contributed by atoms with E-state index < -0.39 is 0 Å². The van der Waals surface area contributed by atoms with Crippen LogP contribution in [0.2, 0.25) is 0 Å². The molecule has 1 fully saturated rings. The number of phenols is 1. The summed E-state index contributed by atoms with van der Waals surface area (Å²) in [4.78, 5) is 16.2. The van der Waals surface area contributed by atoms with E-state index in [0.717, 1.165) is 11.1 Å². The molecule has 1 aromatic carbocycles. The number of amides is 1. The van der Waals surface area contributed by atoms with Crippen molar-refractivity contribution in [2.75, 3.05) is 0 Å². The zero-order valence-electron chi connectivity index (χ0n) is 12.0. The topological polar surface area (TPSA) is 86.3 Å². The van der Waals surface area contributed by atoms with Gasteiger partial charge in [-0.15, -0.1) is 0 Å². The highest BCUT2D eigenvalue weighted by molar-refractivity contribution is 5.82. The van der Waals surface area contributed by atoms with Crippen LogP contribution >= 0.6 is 0 Å². The molecule has 2 heterocycles. The molecule has 0 radical (unpaired) electrons. The molecule has 1 aliphatic rings. The third-order valence-corrected chi connectivity index (χ3v) is 3.72. The lowest BCUT2D eigenvalue weighted by Crippen LogP contribution is -2.42. The van der Waals surface area contributed by atoms with E-state index in [1.165, 1.54) is 0 Å². The van der Waals surface area contributed by atoms with E-state index in [-0.39, 0.29) is 23.7 Å². The average molecular weight is 298 g/mol. The first kappa shape index (κ1) is 14.5. The maximum atomic E-state index is 12.2. The van der Waals surface area contributed by atoms with Crippen molar-refractivity contribution in [1.29, 1.82) is 0 Å². The van der Waals surface area contributed by atoms with E-state index >= 15 is 0 Å². The fourth-order valence-corrected chi connectivity index (χ4v) is 2.53. The fraction of sp³-hybridized carbons (Fsp3) is 0.250. The summed E-state index contributed by atoms with van der Waals surface area (Å²) in [6.07, 6.45) is 4.01. The SMILES string of the molecule is O=C(NCc1cccnc1)C1CC(c2ccccc2O)NN1. The van der Waals surface area contributed by atoms with Crippen LogP contribution in [0.3, 0.4) is 0 Å². The molecule has 2 aromatic rings. The number of carbonyl (C=O) groups is 1. The summed E-state index contributed by atoms with van der Waals surface area (Å²) in [5, 5.41) is 12.8. The van der Waals surface area contributed by atoms with Crippen LogP contribution in [0.4, 0.5) is 0 Å². The van der Waals surface area contributed by atoms with Crippen molar-refractivity contribution < 1.29 is 9.90 Å². The molecule has 1 saturated heterocycles. The molecule has 1 aromatic heterocycles. The predicted octanol–water partition coefficient (Wildman–Crippen LogP) is 1.01. The summed E-state index contributed by atoms with van der Waals surface area (Å²) in [7, 11) is 0. The van der Waals surface area contributed by atoms with E-state index in [1.54, 1.807) is 24.5 Å². The molecule has 1 aliphatic heterocycles. The summed E-state index contributed by atoms with van der Waals surface area (Å²) in [5.74, 6) is 0.160. The minimum atomic E-state index is -0.332. The zero-order valence-corrected chi connectivity index (χ0v) is 12.0. The number of benzene rings is 1. The summed E-state index contributed by atoms with van der Waals surface area (Å²) in [6, 6.07) is 10.5. The molecule has 0 aliphatic carbocycles. The first-order valence-corrected chi connectivity index (χ1v) is 7.19. The highest BCUT2D eigenvalue weighted by Gasteiger charge is 2.31. The Labute approximate surface area is 128 Å². The van der Waals surface area contributed by atoms with Gasteiger partial charge in [-0.25, -0.2) is 10.9 Å². The van der Waals surface area contributed by atoms with Crippen molar-refractivity contribution in [1.82, 2.24) is 21.2 Å². The second kappa shape index (κ2) is 6.55. The van der Waals surface area contributed by atoms with E-state index in [1.807, 2.05) is 24.3 Å². The lowest BCUT2D eigenvalue weighted by atomic mass is 10.0. The van der Waals surface area contributed by atoms with Gasteiger partial charge in [0.2, 0.25) is 5.91 Å². The predicted molar refractivity (Wildman–Crippen MR) is 81.6 cm³/mol. The number of rotatable bonds is 4. The first-order chi connectivity index (χ1) is 10.7. The van der Waals surface area contributed by atoms with E-state index in [9.17, 15) is 9.90 Å². The molecule has 1 amide bonds. The number of aromatic hydroxyl groups is 1. The number of pyridine rings is 1. The Morgan fingerprint density at radius 3 is 2.91 bits per heavy atom. The third-order valence-electron chi connectivity index (χ3n) is 3.72. The summed E-state index contributed by atoms with van der Waals surface area (Å²) < 4.78 is 0. The van der Waals surface area contributed by atoms with E-state index in [2.05, 4.69) is 21.2 Å². The van der Waals surface area contributed by atoms with Crippen LogP contribution in [0.5, 0.6) is 5.75 Å². The highest BCUT2D eigenvalue weighted by Crippen LogP contribution is 2.29. The number of carbonyl (C=O) groups excluding carboxylic acids is 1. The quantitative estimate of drug-likeness (QED) is 0.677. The van der Waals surface area contributed by atoms with Crippen LogP contribution in [-0.2, 0) is 11.3 Å². The summed E-state index contributed by atoms with van der Waals surface area (Å²) >= 11 is 0. The van der Waals surface area contributed by atoms with Gasteiger partial charge >= 0.3 is 0 Å². The van der Waals surface area contributed by atoms with Gasteiger partial charge in [0.15, 0.2) is 0 Å². The van der Waals surface area contributed by atoms with Gasteiger partial charge in [-0.1, -0.05) is 24.3 Å². The third kappa shape index (κ3) is 3.24. The van der Waals surface area contributed by atoms with Gasteiger partial charge in [-0.2, -0.15) is 0 Å². The van der Waals surface area contributed by atoms with Gasteiger partial charge in [0.25, 0.3) is 0 Å². The number of nitrogens with one attached hydrogen (secondary N) is 3. The van der Waals surface area contributed by atoms with Gasteiger partial charge in [0, 0.05) is 24.5 Å². The lowest BCUT2D eigenvalue weighted by molar-refractivity contribution is -0.123. The number of aromatic nitrogens is 1. The molecule has 22 heavy (non-hydrogen) atoms. The minimum absolute atomic E-state index is 0.0747. The van der Waals surface area contributed by atoms with Crippen molar-refractivity contribution in [3.8, 4) is 5.75 Å². The van der Waals surface area contributed by atoms with Gasteiger partial charge in [0.05, 0.1) is 6.04 Å². The highest BCUT2D eigenvalue weighted by atomic mass is 16.3. The second-order valence-corrected chi connectivity index (χ2v) is 5.27. The Hall–Kier alpha value is -2.44. The number of para-hydroxylation sites is 1. The molecule has 3 rings (SSSR count). The van der Waals surface area contributed by atoms with Crippen LogP contribution in [0.1, 0.15) is 23.6 Å². The van der Waals surface area contributed by atoms with Crippen molar-refractivity contribution >= 4 is 5.91 Å². The molecule has 0 spiro atoms. The monoisotopic (exact) mass is 298 g/mol. The van der Waals surface area contributed by atoms with Crippen molar-refractivity contribution in [3.63, 3.8) is 0 Å². The van der Waals surface area contributed by atoms with E-state index in [4.69, 9.17) is 0 Å². The Kier molecular flexibility index (Phi) is 4.32. The molecular formula is C16H18N4O2. The van der Waals surface area contributed by atoms with Crippen LogP contribution in [0.15, 0.2) is 48.8 Å². The van der Waals surface area contributed by atoms with Crippen LogP contribution in [0, 0.1) is 0 Å². The Morgan fingerprint density at radius 1 is 1.27 bits per heavy atom. The standard InChI is InChI=1S/C16H18N4O2/c21-15-6-2-1-5-12(15)13-8-14(20-19-13)16(22)18-10-11-4-3-7-17-9-11/h1-7,9,13-14,19-21H,8,10H2,(H,18,22). The number of hydrazine groups is 1. The molecule has 2 unspecified atom stereocenters. The number of nitrogens with zero attached hydrogens (tertiary/aromatic N) is 1. The molecule has 0 bridgehead atoms. The Morgan fingerprint density at radius 2 is 2.14 bits per heavy atom. The van der Waals surface area contributed by atoms with Crippen molar-refractivity contribution in [2.45, 2.75) is 25.0 Å². The first-order valence-electron chi connectivity index (χ1n) is 7.19.